The van der Waals surface area contributed by atoms with Gasteiger partial charge >= 0.3 is 6.01 Å². The molecule has 198 valence electrons. The zero-order chi connectivity index (χ0) is 27.0. The first-order chi connectivity index (χ1) is 17.5. The quantitative estimate of drug-likeness (QED) is 0.246. The summed E-state index contributed by atoms with van der Waals surface area (Å²) in [6, 6.07) is 11.6. The molecule has 1 heterocycles. The van der Waals surface area contributed by atoms with Crippen molar-refractivity contribution in [3.63, 3.8) is 0 Å². The Balaban J connectivity index is 1.70. The molecule has 11 heteroatoms. The number of hydrogen-bond donors (Lipinski definition) is 5. The van der Waals surface area contributed by atoms with E-state index in [0.717, 1.165) is 12.1 Å². The lowest BCUT2D eigenvalue weighted by atomic mass is 9.93. The molecule has 0 spiro atoms. The van der Waals surface area contributed by atoms with Crippen molar-refractivity contribution in [3.8, 4) is 17.5 Å². The lowest BCUT2D eigenvalue weighted by Crippen LogP contribution is -2.40. The van der Waals surface area contributed by atoms with Crippen molar-refractivity contribution < 1.29 is 19.7 Å². The van der Waals surface area contributed by atoms with Gasteiger partial charge in [0.05, 0.1) is 12.2 Å². The molecule has 0 saturated heterocycles. The highest BCUT2D eigenvalue weighted by atomic mass is 16.5. The molecule has 0 saturated carbocycles. The fourth-order valence-electron chi connectivity index (χ4n) is 3.74. The molecule has 0 aliphatic heterocycles. The van der Waals surface area contributed by atoms with Crippen LogP contribution in [-0.2, 0) is 6.54 Å². The van der Waals surface area contributed by atoms with Crippen molar-refractivity contribution in [1.29, 1.82) is 0 Å². The predicted molar refractivity (Wildman–Crippen MR) is 142 cm³/mol. The highest BCUT2D eigenvalue weighted by molar-refractivity contribution is 5.97. The minimum Gasteiger partial charge on any atom is -0.508 e. The fourth-order valence-corrected chi connectivity index (χ4v) is 3.74. The van der Waals surface area contributed by atoms with Gasteiger partial charge in [-0.1, -0.05) is 26.0 Å². The standard InChI is InChI=1S/C26H35N7O4/c1-6-37-25-31-23(27-14-17-7-10-19(34)11-8-17)30-24(32-25)29-18-9-12-20(21(35)13-18)22(36)28-15-26(2,3)16-33(4)5/h7-13,34-35H,6,14-16H2,1-5H3,(H,28,36)(H2,27,29,30,31,32). The summed E-state index contributed by atoms with van der Waals surface area (Å²) >= 11 is 0. The molecule has 3 rings (SSSR count). The van der Waals surface area contributed by atoms with E-state index in [9.17, 15) is 15.0 Å². The second-order valence-electron chi connectivity index (χ2n) is 9.66. The number of phenolic OH excluding ortho intramolecular Hbond substituents is 2. The number of nitrogens with zero attached hydrogens (tertiary/aromatic N) is 4. The van der Waals surface area contributed by atoms with Gasteiger partial charge in [-0.2, -0.15) is 15.0 Å². The Morgan fingerprint density at radius 1 is 1.03 bits per heavy atom. The second-order valence-corrected chi connectivity index (χ2v) is 9.66. The number of nitrogens with one attached hydrogen (secondary N) is 3. The maximum atomic E-state index is 12.7. The normalized spacial score (nSPS) is 11.3. The van der Waals surface area contributed by atoms with Crippen LogP contribution in [0.5, 0.6) is 17.5 Å². The highest BCUT2D eigenvalue weighted by Crippen LogP contribution is 2.25. The monoisotopic (exact) mass is 509 g/mol. The molecule has 0 aliphatic rings. The van der Waals surface area contributed by atoms with Crippen molar-refractivity contribution in [1.82, 2.24) is 25.2 Å². The number of aromatic nitrogens is 3. The number of benzene rings is 2. The van der Waals surface area contributed by atoms with Gasteiger partial charge in [0.25, 0.3) is 5.91 Å². The van der Waals surface area contributed by atoms with Gasteiger partial charge in [-0.25, -0.2) is 0 Å². The zero-order valence-electron chi connectivity index (χ0n) is 21.9. The number of carbonyl (C=O) groups is 1. The summed E-state index contributed by atoms with van der Waals surface area (Å²) in [5.41, 5.74) is 1.46. The van der Waals surface area contributed by atoms with Crippen molar-refractivity contribution in [2.24, 2.45) is 5.41 Å². The summed E-state index contributed by atoms with van der Waals surface area (Å²) in [4.78, 5) is 27.6. The maximum absolute atomic E-state index is 12.7. The lowest BCUT2D eigenvalue weighted by molar-refractivity contribution is 0.0926. The van der Waals surface area contributed by atoms with E-state index in [1.54, 1.807) is 36.4 Å². The lowest BCUT2D eigenvalue weighted by Gasteiger charge is -2.28. The Labute approximate surface area is 216 Å². The van der Waals surface area contributed by atoms with Crippen LogP contribution >= 0.6 is 0 Å². The molecule has 0 radical (unpaired) electrons. The number of anilines is 3. The Kier molecular flexibility index (Phi) is 9.07. The van der Waals surface area contributed by atoms with E-state index in [-0.39, 0.29) is 46.3 Å². The first-order valence-electron chi connectivity index (χ1n) is 12.0. The van der Waals surface area contributed by atoms with Gasteiger partial charge in [0.2, 0.25) is 11.9 Å². The third-order valence-corrected chi connectivity index (χ3v) is 5.25. The van der Waals surface area contributed by atoms with Crippen LogP contribution in [0.25, 0.3) is 0 Å². The first kappa shape index (κ1) is 27.5. The maximum Gasteiger partial charge on any atom is 0.323 e. The van der Waals surface area contributed by atoms with Gasteiger partial charge in [-0.15, -0.1) is 0 Å². The summed E-state index contributed by atoms with van der Waals surface area (Å²) < 4.78 is 5.46. The minimum atomic E-state index is -0.351. The molecule has 0 fully saturated rings. The second kappa shape index (κ2) is 12.2. The topological polar surface area (TPSA) is 145 Å². The van der Waals surface area contributed by atoms with Crippen molar-refractivity contribution in [2.75, 3.05) is 44.4 Å². The zero-order valence-corrected chi connectivity index (χ0v) is 21.9. The van der Waals surface area contributed by atoms with Crippen LogP contribution in [0.4, 0.5) is 17.6 Å². The van der Waals surface area contributed by atoms with Crippen molar-refractivity contribution in [2.45, 2.75) is 27.3 Å². The molecule has 0 atom stereocenters. The Morgan fingerprint density at radius 2 is 1.73 bits per heavy atom. The summed E-state index contributed by atoms with van der Waals surface area (Å²) in [5.74, 6) is 0.158. The van der Waals surface area contributed by atoms with E-state index in [1.165, 1.54) is 6.07 Å². The minimum absolute atomic E-state index is 0.124. The molecular weight excluding hydrogens is 474 g/mol. The molecule has 0 bridgehead atoms. The smallest absolute Gasteiger partial charge is 0.323 e. The first-order valence-corrected chi connectivity index (χ1v) is 12.0. The van der Waals surface area contributed by atoms with Crippen LogP contribution in [0.3, 0.4) is 0 Å². The van der Waals surface area contributed by atoms with Gasteiger partial charge < -0.3 is 35.8 Å². The third-order valence-electron chi connectivity index (χ3n) is 5.25. The number of amides is 1. The number of carbonyl (C=O) groups excluding carboxylic acids is 1. The number of hydrogen-bond acceptors (Lipinski definition) is 10. The van der Waals surface area contributed by atoms with Crippen LogP contribution in [0.2, 0.25) is 0 Å². The van der Waals surface area contributed by atoms with Gasteiger partial charge in [0, 0.05) is 31.4 Å². The number of rotatable bonds is 12. The molecule has 5 N–H and O–H groups in total. The molecule has 0 aliphatic carbocycles. The third kappa shape index (κ3) is 8.50. The number of phenols is 2. The number of ether oxygens (including phenoxy) is 1. The average Bonchev–Trinajstić information content (AvgIpc) is 2.82. The Morgan fingerprint density at radius 3 is 2.38 bits per heavy atom. The fraction of sp³-hybridized carbons (Fsp3) is 0.385. The summed E-state index contributed by atoms with van der Waals surface area (Å²) in [5, 5.41) is 29.0. The van der Waals surface area contributed by atoms with E-state index < -0.39 is 0 Å². The van der Waals surface area contributed by atoms with Crippen LogP contribution in [0.1, 0.15) is 36.7 Å². The van der Waals surface area contributed by atoms with Crippen molar-refractivity contribution >= 4 is 23.5 Å². The van der Waals surface area contributed by atoms with Crippen LogP contribution in [-0.4, -0.2) is 69.8 Å². The average molecular weight is 510 g/mol. The molecule has 3 aromatic rings. The summed E-state index contributed by atoms with van der Waals surface area (Å²) in [6.45, 7) is 8.03. The predicted octanol–water partition coefficient (Wildman–Crippen LogP) is 3.35. The van der Waals surface area contributed by atoms with E-state index in [4.69, 9.17) is 4.74 Å². The molecular formula is C26H35N7O4. The molecule has 1 aromatic heterocycles. The van der Waals surface area contributed by atoms with Crippen LogP contribution in [0.15, 0.2) is 42.5 Å². The van der Waals surface area contributed by atoms with E-state index in [1.807, 2.05) is 21.0 Å². The molecule has 1 amide bonds. The van der Waals surface area contributed by atoms with Gasteiger partial charge in [-0.05, 0) is 56.3 Å². The largest absolute Gasteiger partial charge is 0.508 e. The Hall–Kier alpha value is -4.12. The van der Waals surface area contributed by atoms with E-state index >= 15 is 0 Å². The van der Waals surface area contributed by atoms with Gasteiger partial charge in [0.15, 0.2) is 0 Å². The molecule has 2 aromatic carbocycles. The van der Waals surface area contributed by atoms with Crippen LogP contribution < -0.4 is 20.7 Å². The van der Waals surface area contributed by atoms with Crippen LogP contribution in [0, 0.1) is 5.41 Å². The summed E-state index contributed by atoms with van der Waals surface area (Å²) in [6.07, 6.45) is 0. The molecule has 0 unspecified atom stereocenters. The van der Waals surface area contributed by atoms with Gasteiger partial charge in [0.1, 0.15) is 11.5 Å². The molecule has 11 nitrogen and oxygen atoms in total. The number of aromatic hydroxyl groups is 2. The Bertz CT molecular complexity index is 1200. The summed E-state index contributed by atoms with van der Waals surface area (Å²) in [7, 11) is 3.97. The SMILES string of the molecule is CCOc1nc(NCc2ccc(O)cc2)nc(Nc2ccc(C(=O)NCC(C)(C)CN(C)C)c(O)c2)n1. The highest BCUT2D eigenvalue weighted by Gasteiger charge is 2.21. The molecule has 37 heavy (non-hydrogen) atoms. The van der Waals surface area contributed by atoms with E-state index in [0.29, 0.717) is 25.4 Å². The van der Waals surface area contributed by atoms with Gasteiger partial charge in [-0.3, -0.25) is 4.79 Å². The van der Waals surface area contributed by atoms with E-state index in [2.05, 4.69) is 49.6 Å². The van der Waals surface area contributed by atoms with Crippen molar-refractivity contribution in [3.05, 3.63) is 53.6 Å².